The number of benzene rings is 1. The van der Waals surface area contributed by atoms with Gasteiger partial charge in [-0.2, -0.15) is 0 Å². The van der Waals surface area contributed by atoms with Gasteiger partial charge >= 0.3 is 0 Å². The molecule has 0 spiro atoms. The lowest BCUT2D eigenvalue weighted by atomic mass is 9.45. The van der Waals surface area contributed by atoms with Crippen LogP contribution >= 0.6 is 0 Å². The number of carbonyl (C=O) groups is 1. The van der Waals surface area contributed by atoms with E-state index in [0.717, 1.165) is 29.6 Å². The molecule has 22 heavy (non-hydrogen) atoms. The molecule has 2 bridgehead atoms. The maximum Gasteiger partial charge on any atom is 0.142 e. The number of carbonyl (C=O) groups excluding carboxylic acids is 1. The zero-order valence-electron chi connectivity index (χ0n) is 12.5. The number of hydrogen-bond acceptors (Lipinski definition) is 2. The topological polar surface area (TPSA) is 26.3 Å². The Labute approximate surface area is 130 Å². The van der Waals surface area contributed by atoms with Crippen LogP contribution in [-0.2, 0) is 16.1 Å². The highest BCUT2D eigenvalue weighted by molar-refractivity contribution is 5.92. The molecule has 0 radical (unpaired) electrons. The van der Waals surface area contributed by atoms with E-state index in [4.69, 9.17) is 4.74 Å². The normalized spacial score (nSPS) is 60.5. The molecule has 10 atom stereocenters. The predicted octanol–water partition coefficient (Wildman–Crippen LogP) is 2.92. The van der Waals surface area contributed by atoms with Gasteiger partial charge in [0.2, 0.25) is 0 Å². The molecular weight excluding hydrogens is 272 g/mol. The fourth-order valence-electron chi connectivity index (χ4n) is 8.68. The highest BCUT2D eigenvalue weighted by Gasteiger charge is 2.89. The van der Waals surface area contributed by atoms with E-state index in [1.165, 1.54) is 18.4 Å². The van der Waals surface area contributed by atoms with Crippen molar-refractivity contribution < 1.29 is 9.53 Å². The molecule has 5 aliphatic carbocycles. The van der Waals surface area contributed by atoms with Gasteiger partial charge in [0.05, 0.1) is 18.1 Å². The second-order valence-electron chi connectivity index (χ2n) is 8.82. The van der Waals surface area contributed by atoms with Crippen molar-refractivity contribution in [2.45, 2.75) is 25.0 Å². The highest BCUT2D eigenvalue weighted by Crippen LogP contribution is 2.87. The Morgan fingerprint density at radius 1 is 1.05 bits per heavy atom. The van der Waals surface area contributed by atoms with Crippen molar-refractivity contribution in [2.24, 2.45) is 53.3 Å². The van der Waals surface area contributed by atoms with Crippen LogP contribution < -0.4 is 0 Å². The Kier molecular flexibility index (Phi) is 1.66. The maximum atomic E-state index is 13.0. The van der Waals surface area contributed by atoms with E-state index in [1.807, 2.05) is 0 Å². The Balaban J connectivity index is 1.33. The van der Waals surface area contributed by atoms with Gasteiger partial charge in [-0.15, -0.1) is 0 Å². The molecule has 0 amide bonds. The summed E-state index contributed by atoms with van der Waals surface area (Å²) in [7, 11) is 0. The Morgan fingerprint density at radius 2 is 1.91 bits per heavy atom. The van der Waals surface area contributed by atoms with Crippen LogP contribution in [0.3, 0.4) is 0 Å². The number of ether oxygens (including phenoxy) is 1. The molecule has 0 N–H and O–H groups in total. The zero-order chi connectivity index (χ0) is 14.2. The van der Waals surface area contributed by atoms with Crippen molar-refractivity contribution in [1.29, 1.82) is 0 Å². The number of rotatable bonds is 3. The molecule has 1 aromatic rings. The van der Waals surface area contributed by atoms with Gasteiger partial charge in [-0.25, -0.2) is 0 Å². The molecule has 0 saturated heterocycles. The molecule has 0 unspecified atom stereocenters. The summed E-state index contributed by atoms with van der Waals surface area (Å²) in [6, 6.07) is 10.5. The molecule has 6 rings (SSSR count). The third kappa shape index (κ3) is 0.897. The van der Waals surface area contributed by atoms with E-state index < -0.39 is 0 Å². The van der Waals surface area contributed by atoms with Gasteiger partial charge in [-0.05, 0) is 53.9 Å². The molecule has 2 nitrogen and oxygen atoms in total. The lowest BCUT2D eigenvalue weighted by Crippen LogP contribution is -2.58. The Morgan fingerprint density at radius 3 is 2.77 bits per heavy atom. The van der Waals surface area contributed by atoms with Crippen LogP contribution in [0.4, 0.5) is 0 Å². The third-order valence-electron chi connectivity index (χ3n) is 8.74. The average molecular weight is 292 g/mol. The number of fused-ring (bicyclic) bond motifs is 14. The minimum Gasteiger partial charge on any atom is -0.369 e. The second-order valence-corrected chi connectivity index (χ2v) is 8.82. The summed E-state index contributed by atoms with van der Waals surface area (Å²) in [5.41, 5.74) is 1.19. The number of ketones is 1. The first-order valence-corrected chi connectivity index (χ1v) is 9.03. The molecular formula is C20H20O2. The fourth-order valence-corrected chi connectivity index (χ4v) is 8.68. The van der Waals surface area contributed by atoms with E-state index in [-0.39, 0.29) is 11.5 Å². The van der Waals surface area contributed by atoms with E-state index in [0.29, 0.717) is 30.1 Å². The van der Waals surface area contributed by atoms with E-state index in [2.05, 4.69) is 30.3 Å². The van der Waals surface area contributed by atoms with Crippen molar-refractivity contribution in [3.05, 3.63) is 35.9 Å². The minimum atomic E-state index is -0.0614. The van der Waals surface area contributed by atoms with Crippen LogP contribution in [0, 0.1) is 53.3 Å². The van der Waals surface area contributed by atoms with Crippen molar-refractivity contribution in [1.82, 2.24) is 0 Å². The van der Waals surface area contributed by atoms with Crippen LogP contribution in [0.1, 0.15) is 18.4 Å². The molecule has 5 aliphatic rings. The Bertz CT molecular complexity index is 712. The second kappa shape index (κ2) is 3.21. The number of hydrogen-bond donors (Lipinski definition) is 0. The van der Waals surface area contributed by atoms with Crippen LogP contribution in [0.5, 0.6) is 0 Å². The molecule has 5 fully saturated rings. The summed E-state index contributed by atoms with van der Waals surface area (Å²) < 4.78 is 6.68. The van der Waals surface area contributed by atoms with Crippen LogP contribution in [0.15, 0.2) is 30.3 Å². The SMILES string of the molecule is O=C1[C@@H]2[C@H]3C[C@@H]4[C@H]5[C@H]6C[C@](OCc7ccccc7)([C@H]42)[C@H]1[C@@H]6[C@H]35. The monoisotopic (exact) mass is 292 g/mol. The number of Topliss-reactive ketones (excluding diaryl/α,β-unsaturated/α-hetero) is 1. The first kappa shape index (κ1) is 11.4. The summed E-state index contributed by atoms with van der Waals surface area (Å²) in [6.07, 6.45) is 2.55. The first-order chi connectivity index (χ1) is 10.8. The molecule has 5 saturated carbocycles. The van der Waals surface area contributed by atoms with Gasteiger partial charge in [-0.3, -0.25) is 4.79 Å². The largest absolute Gasteiger partial charge is 0.369 e. The maximum absolute atomic E-state index is 13.0. The predicted molar refractivity (Wildman–Crippen MR) is 79.6 cm³/mol. The summed E-state index contributed by atoms with van der Waals surface area (Å²) in [5, 5.41) is 0. The smallest absolute Gasteiger partial charge is 0.142 e. The van der Waals surface area contributed by atoms with Crippen LogP contribution in [-0.4, -0.2) is 11.4 Å². The van der Waals surface area contributed by atoms with E-state index in [9.17, 15) is 4.79 Å². The van der Waals surface area contributed by atoms with Crippen molar-refractivity contribution in [3.63, 3.8) is 0 Å². The molecule has 0 aromatic heterocycles. The first-order valence-electron chi connectivity index (χ1n) is 9.03. The van der Waals surface area contributed by atoms with Crippen molar-refractivity contribution in [3.8, 4) is 0 Å². The van der Waals surface area contributed by atoms with Gasteiger partial charge in [0.25, 0.3) is 0 Å². The van der Waals surface area contributed by atoms with Crippen LogP contribution in [0.2, 0.25) is 0 Å². The molecule has 112 valence electrons. The Hall–Kier alpha value is -1.15. The lowest BCUT2D eigenvalue weighted by Gasteiger charge is -2.59. The minimum absolute atomic E-state index is 0.0614. The summed E-state index contributed by atoms with van der Waals surface area (Å²) in [4.78, 5) is 13.0. The summed E-state index contributed by atoms with van der Waals surface area (Å²) >= 11 is 0. The fraction of sp³-hybridized carbons (Fsp3) is 0.650. The molecule has 2 heteroatoms. The lowest BCUT2D eigenvalue weighted by molar-refractivity contribution is -0.166. The van der Waals surface area contributed by atoms with Gasteiger partial charge in [-0.1, -0.05) is 30.3 Å². The third-order valence-corrected chi connectivity index (χ3v) is 8.74. The van der Waals surface area contributed by atoms with E-state index in [1.54, 1.807) is 0 Å². The zero-order valence-corrected chi connectivity index (χ0v) is 12.5. The van der Waals surface area contributed by atoms with Crippen molar-refractivity contribution in [2.75, 3.05) is 0 Å². The van der Waals surface area contributed by atoms with Gasteiger partial charge in [0.1, 0.15) is 5.78 Å². The van der Waals surface area contributed by atoms with Crippen LogP contribution in [0.25, 0.3) is 0 Å². The molecule has 0 heterocycles. The average Bonchev–Trinajstić information content (AvgIpc) is 3.17. The molecule has 1 aromatic carbocycles. The van der Waals surface area contributed by atoms with Gasteiger partial charge < -0.3 is 4.74 Å². The quantitative estimate of drug-likeness (QED) is 0.801. The summed E-state index contributed by atoms with van der Waals surface area (Å²) in [6.45, 7) is 0.694. The van der Waals surface area contributed by atoms with Gasteiger partial charge in [0.15, 0.2) is 0 Å². The molecule has 0 aliphatic heterocycles. The van der Waals surface area contributed by atoms with Crippen molar-refractivity contribution >= 4 is 5.78 Å². The summed E-state index contributed by atoms with van der Waals surface area (Å²) in [5.74, 6) is 6.93. The van der Waals surface area contributed by atoms with E-state index >= 15 is 0 Å². The van der Waals surface area contributed by atoms with Gasteiger partial charge in [0, 0.05) is 11.8 Å². The highest BCUT2D eigenvalue weighted by atomic mass is 16.5. The standard InChI is InChI=1S/C20H20O2/c21-19-16-10-6-11-13-12-7-20(17(11)16,18(19)15(12)14(10)13)22-8-9-4-2-1-3-5-9/h1-5,10-18H,6-8H2/t10-,11+,12+,13-,14+,15-,16+,17+,18-,20-/m0/s1.